The maximum Gasteiger partial charge on any atom is 0.123 e. The zero-order chi connectivity index (χ0) is 19.4. The van der Waals surface area contributed by atoms with Crippen molar-refractivity contribution in [1.82, 2.24) is 4.90 Å². The molecule has 0 aliphatic heterocycles. The van der Waals surface area contributed by atoms with Crippen molar-refractivity contribution < 1.29 is 14.2 Å². The van der Waals surface area contributed by atoms with E-state index in [0.717, 1.165) is 48.3 Å². The Morgan fingerprint density at radius 2 is 1.81 bits per heavy atom. The highest BCUT2D eigenvalue weighted by Crippen LogP contribution is 2.46. The fourth-order valence-corrected chi connectivity index (χ4v) is 4.07. The van der Waals surface area contributed by atoms with Crippen LogP contribution >= 0.6 is 0 Å². The van der Waals surface area contributed by atoms with Crippen LogP contribution in [0.1, 0.15) is 30.4 Å². The van der Waals surface area contributed by atoms with Crippen LogP contribution in [0.4, 0.5) is 4.39 Å². The lowest BCUT2D eigenvalue weighted by Crippen LogP contribution is -2.44. The lowest BCUT2D eigenvalue weighted by molar-refractivity contribution is -0.0174. The molecule has 0 aromatic heterocycles. The molecule has 0 saturated heterocycles. The Bertz CT molecular complexity index is 783. The predicted octanol–water partition coefficient (Wildman–Crippen LogP) is 4.47. The van der Waals surface area contributed by atoms with E-state index in [-0.39, 0.29) is 11.7 Å². The average molecular weight is 369 g/mol. The van der Waals surface area contributed by atoms with E-state index in [0.29, 0.717) is 0 Å². The summed E-state index contributed by atoms with van der Waals surface area (Å²) in [7, 11) is 5.69. The molecule has 3 nitrogen and oxygen atoms in total. The van der Waals surface area contributed by atoms with E-state index in [9.17, 15) is 9.50 Å². The number of methoxy groups -OCH3 is 1. The Kier molecular flexibility index (Phi) is 5.98. The minimum Gasteiger partial charge on any atom is -0.497 e. The highest BCUT2D eigenvalue weighted by Gasteiger charge is 2.44. The van der Waals surface area contributed by atoms with Crippen LogP contribution in [-0.4, -0.2) is 37.8 Å². The van der Waals surface area contributed by atoms with E-state index in [1.54, 1.807) is 19.2 Å². The van der Waals surface area contributed by atoms with Crippen LogP contribution in [0.15, 0.2) is 54.1 Å². The highest BCUT2D eigenvalue weighted by atomic mass is 19.1. The third kappa shape index (κ3) is 4.23. The second-order valence-corrected chi connectivity index (χ2v) is 7.57. The molecule has 2 unspecified atom stereocenters. The normalized spacial score (nSPS) is 24.4. The molecule has 1 aliphatic carbocycles. The second-order valence-electron chi connectivity index (χ2n) is 7.57. The highest BCUT2D eigenvalue weighted by molar-refractivity contribution is 5.58. The molecule has 144 valence electrons. The van der Waals surface area contributed by atoms with Gasteiger partial charge in [-0.05, 0) is 74.3 Å². The number of halogens is 1. The lowest BCUT2D eigenvalue weighted by atomic mass is 9.67. The first kappa shape index (κ1) is 19.6. The van der Waals surface area contributed by atoms with Crippen molar-refractivity contribution >= 4 is 6.08 Å². The number of hydrogen-bond donors (Lipinski definition) is 1. The van der Waals surface area contributed by atoms with Gasteiger partial charge in [-0.25, -0.2) is 4.39 Å². The van der Waals surface area contributed by atoms with Crippen LogP contribution < -0.4 is 4.74 Å². The largest absolute Gasteiger partial charge is 0.497 e. The summed E-state index contributed by atoms with van der Waals surface area (Å²) in [6.07, 6.45) is 4.87. The number of rotatable bonds is 5. The summed E-state index contributed by atoms with van der Waals surface area (Å²) >= 11 is 0. The minimum atomic E-state index is -1.10. The summed E-state index contributed by atoms with van der Waals surface area (Å²) in [5.74, 6) is 0.569. The van der Waals surface area contributed by atoms with Crippen LogP contribution in [0.25, 0.3) is 6.08 Å². The van der Waals surface area contributed by atoms with Crippen molar-refractivity contribution in [2.45, 2.75) is 24.9 Å². The van der Waals surface area contributed by atoms with Crippen molar-refractivity contribution in [3.63, 3.8) is 0 Å². The van der Waals surface area contributed by atoms with Crippen LogP contribution in [0.2, 0.25) is 0 Å². The Morgan fingerprint density at radius 3 is 2.41 bits per heavy atom. The number of aliphatic hydroxyl groups is 1. The van der Waals surface area contributed by atoms with Crippen molar-refractivity contribution in [1.29, 1.82) is 0 Å². The molecule has 0 bridgehead atoms. The topological polar surface area (TPSA) is 32.7 Å². The molecular weight excluding hydrogens is 341 g/mol. The van der Waals surface area contributed by atoms with Crippen molar-refractivity contribution in [3.05, 3.63) is 71.0 Å². The standard InChI is InChI=1S/C23H28FNO2/c1-25(2)16-20-6-4-5-19(15-17-7-13-22(27-3)14-8-17)23(20,26)18-9-11-21(24)12-10-18/h7-15,20,26H,4-6,16H2,1-3H3/b19-15+. The summed E-state index contributed by atoms with van der Waals surface area (Å²) in [4.78, 5) is 2.11. The quantitative estimate of drug-likeness (QED) is 0.844. The van der Waals surface area contributed by atoms with E-state index in [2.05, 4.69) is 11.0 Å². The van der Waals surface area contributed by atoms with E-state index >= 15 is 0 Å². The summed E-state index contributed by atoms with van der Waals surface area (Å²) in [5.41, 5.74) is 1.67. The minimum absolute atomic E-state index is 0.0520. The first-order chi connectivity index (χ1) is 12.9. The summed E-state index contributed by atoms with van der Waals surface area (Å²) in [5, 5.41) is 11.9. The Morgan fingerprint density at radius 1 is 1.15 bits per heavy atom. The molecule has 27 heavy (non-hydrogen) atoms. The smallest absolute Gasteiger partial charge is 0.123 e. The summed E-state index contributed by atoms with van der Waals surface area (Å²) in [6.45, 7) is 0.772. The maximum absolute atomic E-state index is 13.5. The molecule has 3 rings (SSSR count). The lowest BCUT2D eigenvalue weighted by Gasteiger charge is -2.44. The Hall–Kier alpha value is -2.17. The maximum atomic E-state index is 13.5. The van der Waals surface area contributed by atoms with Gasteiger partial charge in [-0.15, -0.1) is 0 Å². The van der Waals surface area contributed by atoms with Gasteiger partial charge in [-0.1, -0.05) is 30.3 Å². The van der Waals surface area contributed by atoms with Crippen LogP contribution in [-0.2, 0) is 5.60 Å². The SMILES string of the molecule is COc1ccc(/C=C2\CCCC(CN(C)C)C2(O)c2ccc(F)cc2)cc1. The van der Waals surface area contributed by atoms with Gasteiger partial charge in [0.25, 0.3) is 0 Å². The Balaban J connectivity index is 2.05. The molecule has 1 fully saturated rings. The Labute approximate surface area is 161 Å². The van der Waals surface area contributed by atoms with Crippen molar-refractivity contribution in [2.24, 2.45) is 5.92 Å². The molecule has 0 radical (unpaired) electrons. The molecule has 1 aliphatic rings. The molecule has 1 saturated carbocycles. The van der Waals surface area contributed by atoms with Crippen LogP contribution in [0.5, 0.6) is 5.75 Å². The predicted molar refractivity (Wildman–Crippen MR) is 107 cm³/mol. The van der Waals surface area contributed by atoms with E-state index in [4.69, 9.17) is 4.74 Å². The molecule has 0 heterocycles. The number of ether oxygens (including phenoxy) is 1. The number of benzene rings is 2. The molecule has 1 N–H and O–H groups in total. The second kappa shape index (κ2) is 8.24. The third-order valence-electron chi connectivity index (χ3n) is 5.41. The number of nitrogens with zero attached hydrogens (tertiary/aromatic N) is 1. The van der Waals surface area contributed by atoms with E-state index < -0.39 is 5.60 Å². The zero-order valence-corrected chi connectivity index (χ0v) is 16.3. The fraction of sp³-hybridized carbons (Fsp3) is 0.391. The van der Waals surface area contributed by atoms with Gasteiger partial charge in [0.05, 0.1) is 7.11 Å². The van der Waals surface area contributed by atoms with Crippen LogP contribution in [0, 0.1) is 11.7 Å². The van der Waals surface area contributed by atoms with E-state index in [1.165, 1.54) is 12.1 Å². The average Bonchev–Trinajstić information content (AvgIpc) is 2.66. The van der Waals surface area contributed by atoms with Gasteiger partial charge in [-0.2, -0.15) is 0 Å². The summed E-state index contributed by atoms with van der Waals surface area (Å²) in [6, 6.07) is 14.1. The third-order valence-corrected chi connectivity index (χ3v) is 5.41. The van der Waals surface area contributed by atoms with Crippen molar-refractivity contribution in [3.8, 4) is 5.75 Å². The first-order valence-electron chi connectivity index (χ1n) is 9.41. The van der Waals surface area contributed by atoms with Gasteiger partial charge in [0, 0.05) is 12.5 Å². The van der Waals surface area contributed by atoms with Gasteiger partial charge >= 0.3 is 0 Å². The molecule has 4 heteroatoms. The molecule has 2 aromatic rings. The molecule has 0 spiro atoms. The van der Waals surface area contributed by atoms with Crippen molar-refractivity contribution in [2.75, 3.05) is 27.7 Å². The first-order valence-corrected chi connectivity index (χ1v) is 9.41. The fourth-order valence-electron chi connectivity index (χ4n) is 4.07. The van der Waals surface area contributed by atoms with Gasteiger partial charge in [0.15, 0.2) is 0 Å². The van der Waals surface area contributed by atoms with E-state index in [1.807, 2.05) is 38.4 Å². The monoisotopic (exact) mass is 369 g/mol. The zero-order valence-electron chi connectivity index (χ0n) is 16.3. The van der Waals surface area contributed by atoms with Gasteiger partial charge < -0.3 is 14.7 Å². The molecular formula is C23H28FNO2. The number of hydrogen-bond acceptors (Lipinski definition) is 3. The van der Waals surface area contributed by atoms with Crippen LogP contribution in [0.3, 0.4) is 0 Å². The van der Waals surface area contributed by atoms with Gasteiger partial charge in [0.2, 0.25) is 0 Å². The van der Waals surface area contributed by atoms with Gasteiger partial charge in [-0.3, -0.25) is 0 Å². The molecule has 2 atom stereocenters. The molecule has 2 aromatic carbocycles. The van der Waals surface area contributed by atoms with Gasteiger partial charge in [0.1, 0.15) is 17.2 Å². The summed E-state index contributed by atoms with van der Waals surface area (Å²) < 4.78 is 18.7. The molecule has 0 amide bonds.